The summed E-state index contributed by atoms with van der Waals surface area (Å²) >= 11 is 0. The van der Waals surface area contributed by atoms with Crippen molar-refractivity contribution >= 4 is 17.7 Å². The van der Waals surface area contributed by atoms with Crippen molar-refractivity contribution in [3.8, 4) is 0 Å². The SMILES string of the molecule is CC(=O)N[C@H]1[C@H](O[C@@H]([C@H](O)[C@H](CO)NC(C)=O)[C@H](O)CO)O[C@H](CO)[C@@H](O[C@@H]2O[C@H](CO[C@H]3O[C@H](CO)[C@@H](O)[C@H](O)[C@@H]3O[C@@H]3O[C@H](CO)[C@@H](O)[C@H](O)[C@H]3NC(C)=O)[C@@H](O)[C@H](O[C@H]3O[C@H](CO)[C@@H](O)[C@H](O)[C@@H]3O)[C@@H]2O)[C@@H]1O. The molecule has 5 aliphatic heterocycles. The Bertz CT molecular complexity index is 1820. The number of carbonyl (C=O) groups is 3. The molecule has 0 radical (unpaired) electrons. The average molecular weight is 1120 g/mol. The van der Waals surface area contributed by atoms with E-state index >= 15 is 0 Å². The Labute approximate surface area is 431 Å². The van der Waals surface area contributed by atoms with Gasteiger partial charge in [0.1, 0.15) is 140 Å². The van der Waals surface area contributed by atoms with E-state index in [9.17, 15) is 106 Å². The van der Waals surface area contributed by atoms with Crippen LogP contribution in [-0.2, 0) is 61.8 Å². The molecule has 442 valence electrons. The highest BCUT2D eigenvalue weighted by molar-refractivity contribution is 5.74. The first-order valence-electron chi connectivity index (χ1n) is 24.0. The lowest BCUT2D eigenvalue weighted by Crippen LogP contribution is -2.69. The number of amides is 3. The quantitative estimate of drug-likeness (QED) is 0.0452. The van der Waals surface area contributed by atoms with Gasteiger partial charge in [0.25, 0.3) is 0 Å². The molecule has 5 saturated heterocycles. The van der Waals surface area contributed by atoms with Crippen molar-refractivity contribution in [2.45, 2.75) is 199 Å². The number of ether oxygens (including phenoxy) is 10. The molecular formula is C42H73N3O31. The maximum Gasteiger partial charge on any atom is 0.217 e. The molecule has 29 atom stereocenters. The molecule has 0 bridgehead atoms. The lowest BCUT2D eigenvalue weighted by molar-refractivity contribution is -0.386. The number of aliphatic hydroxyl groups is 18. The van der Waals surface area contributed by atoms with Crippen molar-refractivity contribution < 1.29 is 154 Å². The van der Waals surface area contributed by atoms with Gasteiger partial charge in [-0.3, -0.25) is 14.4 Å². The van der Waals surface area contributed by atoms with Crippen LogP contribution in [0.2, 0.25) is 0 Å². The fraction of sp³-hybridized carbons (Fsp3) is 0.929. The van der Waals surface area contributed by atoms with Gasteiger partial charge >= 0.3 is 0 Å². The van der Waals surface area contributed by atoms with Crippen LogP contribution in [0.3, 0.4) is 0 Å². The Hall–Kier alpha value is -2.71. The zero-order chi connectivity index (χ0) is 56.6. The standard InChI is InChI=1S/C42H73N3O31/c1-11(52)43-14(4-46)23(56)34(15(55)5-47)73-39-22(45-13(3)54)29(62)35(19(9-51)71-39)74-41-33(66)36(75-40-32(65)30(63)25(58)17(7-49)69-40)27(60)20(72-41)10-67-42-37(31(64)26(59)18(8-50)70-42)76-38-21(44-12(2)53)28(61)24(57)16(6-48)68-38/h14-42,46-51,55-66H,4-10H2,1-3H3,(H,43,52)(H,44,53)(H,45,54)/t14-,15+,16+,17+,18+,19+,20+,21+,22+,23+,24+,25+,26+,27+,28+,29+,30-,31-,32-,33-,34+,35+,36-,37-,38-,39-,40+,41-,42-/m0/s1. The molecule has 34 heteroatoms. The summed E-state index contributed by atoms with van der Waals surface area (Å²) in [5.41, 5.74) is 0. The van der Waals surface area contributed by atoms with Gasteiger partial charge in [0.2, 0.25) is 17.7 Å². The minimum absolute atomic E-state index is 0.746. The van der Waals surface area contributed by atoms with Gasteiger partial charge < -0.3 is 155 Å². The maximum absolute atomic E-state index is 12.6. The predicted molar refractivity (Wildman–Crippen MR) is 236 cm³/mol. The van der Waals surface area contributed by atoms with E-state index in [0.29, 0.717) is 0 Å². The minimum Gasteiger partial charge on any atom is -0.394 e. The van der Waals surface area contributed by atoms with E-state index in [2.05, 4.69) is 16.0 Å². The number of hydrogen-bond donors (Lipinski definition) is 21. The maximum atomic E-state index is 12.6. The van der Waals surface area contributed by atoms with Crippen molar-refractivity contribution in [2.75, 3.05) is 46.2 Å². The molecule has 5 fully saturated rings. The highest BCUT2D eigenvalue weighted by Gasteiger charge is 2.57. The van der Waals surface area contributed by atoms with Crippen LogP contribution in [0, 0.1) is 0 Å². The summed E-state index contributed by atoms with van der Waals surface area (Å²) in [4.78, 5) is 36.5. The lowest BCUT2D eigenvalue weighted by atomic mass is 9.94. The summed E-state index contributed by atoms with van der Waals surface area (Å²) in [5.74, 6) is -2.40. The Morgan fingerprint density at radius 3 is 1.43 bits per heavy atom. The third-order valence-corrected chi connectivity index (χ3v) is 13.3. The van der Waals surface area contributed by atoms with Crippen LogP contribution in [0.4, 0.5) is 0 Å². The second-order valence-corrected chi connectivity index (χ2v) is 18.8. The number of hydrogen-bond acceptors (Lipinski definition) is 31. The average Bonchev–Trinajstić information content (AvgIpc) is 3.38. The monoisotopic (exact) mass is 1120 g/mol. The number of aliphatic hydroxyl groups excluding tert-OH is 18. The van der Waals surface area contributed by atoms with Gasteiger partial charge in [-0.1, -0.05) is 0 Å². The molecule has 34 nitrogen and oxygen atoms in total. The van der Waals surface area contributed by atoms with Crippen LogP contribution < -0.4 is 16.0 Å². The molecule has 0 aromatic heterocycles. The molecule has 0 aliphatic carbocycles. The third kappa shape index (κ3) is 14.8. The topological polar surface area (TPSA) is 544 Å². The van der Waals surface area contributed by atoms with E-state index in [1.807, 2.05) is 0 Å². The number of nitrogens with one attached hydrogen (secondary N) is 3. The van der Waals surface area contributed by atoms with Gasteiger partial charge in [0, 0.05) is 20.8 Å². The fourth-order valence-corrected chi connectivity index (χ4v) is 9.20. The van der Waals surface area contributed by atoms with Gasteiger partial charge in [-0.25, -0.2) is 0 Å². The Kier molecular flexibility index (Phi) is 24.1. The van der Waals surface area contributed by atoms with Crippen LogP contribution >= 0.6 is 0 Å². The summed E-state index contributed by atoms with van der Waals surface area (Å²) in [6.07, 6.45) is -51.2. The molecule has 0 aromatic rings. The Morgan fingerprint density at radius 2 is 0.908 bits per heavy atom. The molecule has 0 saturated carbocycles. The second kappa shape index (κ2) is 28.6. The molecule has 0 aromatic carbocycles. The molecule has 0 unspecified atom stereocenters. The molecule has 5 aliphatic rings. The zero-order valence-corrected chi connectivity index (χ0v) is 41.0. The second-order valence-electron chi connectivity index (χ2n) is 18.8. The van der Waals surface area contributed by atoms with Crippen molar-refractivity contribution in [2.24, 2.45) is 0 Å². The lowest BCUT2D eigenvalue weighted by Gasteiger charge is -2.50. The van der Waals surface area contributed by atoms with Crippen LogP contribution in [0.25, 0.3) is 0 Å². The first-order chi connectivity index (χ1) is 35.9. The van der Waals surface area contributed by atoms with Crippen molar-refractivity contribution in [1.82, 2.24) is 16.0 Å². The normalized spacial score (nSPS) is 43.8. The molecule has 0 spiro atoms. The molecule has 3 amide bonds. The highest BCUT2D eigenvalue weighted by Crippen LogP contribution is 2.36. The summed E-state index contributed by atoms with van der Waals surface area (Å²) in [6.45, 7) is -3.93. The van der Waals surface area contributed by atoms with Gasteiger partial charge in [0.15, 0.2) is 31.5 Å². The molecule has 5 heterocycles. The van der Waals surface area contributed by atoms with Gasteiger partial charge in [-0.2, -0.15) is 0 Å². The van der Waals surface area contributed by atoms with E-state index < -0.39 is 242 Å². The van der Waals surface area contributed by atoms with Crippen LogP contribution in [-0.4, -0.2) is 334 Å². The van der Waals surface area contributed by atoms with Crippen LogP contribution in [0.1, 0.15) is 20.8 Å². The van der Waals surface area contributed by atoms with Crippen molar-refractivity contribution in [3.05, 3.63) is 0 Å². The summed E-state index contributed by atoms with van der Waals surface area (Å²) < 4.78 is 57.9. The van der Waals surface area contributed by atoms with Crippen LogP contribution in [0.5, 0.6) is 0 Å². The molecule has 5 rings (SSSR count). The fourth-order valence-electron chi connectivity index (χ4n) is 9.20. The van der Waals surface area contributed by atoms with Gasteiger partial charge in [-0.05, 0) is 0 Å². The summed E-state index contributed by atoms with van der Waals surface area (Å²) in [5, 5.41) is 200. The van der Waals surface area contributed by atoms with Crippen LogP contribution in [0.15, 0.2) is 0 Å². The first-order valence-corrected chi connectivity index (χ1v) is 24.0. The van der Waals surface area contributed by atoms with E-state index in [1.54, 1.807) is 0 Å². The van der Waals surface area contributed by atoms with E-state index in [-0.39, 0.29) is 0 Å². The molecular weight excluding hydrogens is 1040 g/mol. The van der Waals surface area contributed by atoms with E-state index in [0.717, 1.165) is 20.8 Å². The van der Waals surface area contributed by atoms with E-state index in [1.165, 1.54) is 0 Å². The molecule has 76 heavy (non-hydrogen) atoms. The number of carbonyl (C=O) groups excluding carboxylic acids is 3. The van der Waals surface area contributed by atoms with Crippen molar-refractivity contribution in [3.63, 3.8) is 0 Å². The van der Waals surface area contributed by atoms with Gasteiger partial charge in [-0.15, -0.1) is 0 Å². The first kappa shape index (κ1) is 64.1. The number of rotatable bonds is 23. The predicted octanol–water partition coefficient (Wildman–Crippen LogP) is -14.0. The van der Waals surface area contributed by atoms with E-state index in [4.69, 9.17) is 47.4 Å². The largest absolute Gasteiger partial charge is 0.394 e. The Balaban J connectivity index is 1.48. The minimum atomic E-state index is -2.31. The van der Waals surface area contributed by atoms with Crippen molar-refractivity contribution in [1.29, 1.82) is 0 Å². The molecule has 21 N–H and O–H groups in total. The smallest absolute Gasteiger partial charge is 0.217 e. The zero-order valence-electron chi connectivity index (χ0n) is 41.0. The van der Waals surface area contributed by atoms with Gasteiger partial charge in [0.05, 0.1) is 52.3 Å². The Morgan fingerprint density at radius 1 is 0.447 bits per heavy atom. The third-order valence-electron chi connectivity index (χ3n) is 13.3. The highest BCUT2D eigenvalue weighted by atomic mass is 16.8. The summed E-state index contributed by atoms with van der Waals surface area (Å²) in [7, 11) is 0. The summed E-state index contributed by atoms with van der Waals surface area (Å²) in [6, 6.07) is -4.99.